The maximum absolute atomic E-state index is 14.1. The highest BCUT2D eigenvalue weighted by Crippen LogP contribution is 2.46. The van der Waals surface area contributed by atoms with Gasteiger partial charge in [-0.25, -0.2) is 0 Å². The molecule has 0 N–H and O–H groups in total. The van der Waals surface area contributed by atoms with E-state index in [1.165, 1.54) is 9.80 Å². The van der Waals surface area contributed by atoms with Crippen LogP contribution in [-0.4, -0.2) is 0 Å². The average Bonchev–Trinajstić information content (AvgIpc) is 3.31. The molecule has 9 rings (SSSR count). The summed E-state index contributed by atoms with van der Waals surface area (Å²) in [7, 11) is 0. The van der Waals surface area contributed by atoms with E-state index >= 15 is 0 Å². The van der Waals surface area contributed by atoms with Gasteiger partial charge in [-0.1, -0.05) is 109 Å². The first-order valence-electron chi connectivity index (χ1n) is 20.7. The Bertz CT molecular complexity index is 2990. The molecule has 0 atom stereocenters. The number of benzene rings is 9. The lowest BCUT2D eigenvalue weighted by Gasteiger charge is -2.28. The van der Waals surface area contributed by atoms with Gasteiger partial charge >= 0.3 is 24.7 Å². The Morgan fingerprint density at radius 3 is 0.750 bits per heavy atom. The quantitative estimate of drug-likeness (QED) is 0.140. The number of hydrogen-bond acceptors (Lipinski definition) is 2. The van der Waals surface area contributed by atoms with Gasteiger partial charge in [0.25, 0.3) is 0 Å². The predicted octanol–water partition coefficient (Wildman–Crippen LogP) is 18.3. The maximum atomic E-state index is 14.1. The van der Waals surface area contributed by atoms with Gasteiger partial charge in [-0.2, -0.15) is 52.7 Å². The highest BCUT2D eigenvalue weighted by molar-refractivity contribution is 5.91. The summed E-state index contributed by atoms with van der Waals surface area (Å²) in [5.41, 5.74) is -2.60. The van der Waals surface area contributed by atoms with Crippen molar-refractivity contribution < 1.29 is 52.7 Å². The second-order valence-corrected chi connectivity index (χ2v) is 15.9. The van der Waals surface area contributed by atoms with Gasteiger partial charge in [-0.15, -0.1) is 0 Å². The second-order valence-electron chi connectivity index (χ2n) is 15.9. The molecule has 2 nitrogen and oxygen atoms in total. The number of fused-ring (bicyclic) bond motifs is 2. The number of halogens is 12. The van der Waals surface area contributed by atoms with E-state index in [-0.39, 0.29) is 34.9 Å². The van der Waals surface area contributed by atoms with Crippen LogP contribution in [0.1, 0.15) is 22.3 Å². The highest BCUT2D eigenvalue weighted by atomic mass is 19.4. The number of rotatable bonds is 8. The summed E-state index contributed by atoms with van der Waals surface area (Å²) in [5.74, 6) is 0. The molecule has 0 unspecified atom stereocenters. The Hall–Kier alpha value is -7.74. The van der Waals surface area contributed by atoms with E-state index in [1.54, 1.807) is 146 Å². The Morgan fingerprint density at radius 2 is 0.471 bits per heavy atom. The molecule has 0 aliphatic rings. The van der Waals surface area contributed by atoms with Crippen LogP contribution in [0.25, 0.3) is 43.8 Å². The van der Waals surface area contributed by atoms with E-state index in [1.807, 2.05) is 12.1 Å². The fourth-order valence-electron chi connectivity index (χ4n) is 8.12. The summed E-state index contributed by atoms with van der Waals surface area (Å²) in [4.78, 5) is 2.66. The maximum Gasteiger partial charge on any atom is 0.416 e. The third-order valence-corrected chi connectivity index (χ3v) is 11.4. The van der Waals surface area contributed by atoms with E-state index in [2.05, 4.69) is 0 Å². The van der Waals surface area contributed by atoms with Crippen molar-refractivity contribution in [2.24, 2.45) is 0 Å². The van der Waals surface area contributed by atoms with E-state index in [0.29, 0.717) is 68.7 Å². The lowest BCUT2D eigenvalue weighted by Crippen LogP contribution is -2.15. The van der Waals surface area contributed by atoms with Crippen molar-refractivity contribution in [3.8, 4) is 22.3 Å². The monoisotopic (exact) mass is 936 g/mol. The zero-order valence-corrected chi connectivity index (χ0v) is 34.9. The van der Waals surface area contributed by atoms with Gasteiger partial charge in [-0.3, -0.25) is 0 Å². The zero-order valence-electron chi connectivity index (χ0n) is 34.9. The fraction of sp³-hybridized carbons (Fsp3) is 0.0741. The van der Waals surface area contributed by atoms with Gasteiger partial charge in [-0.05, 0) is 129 Å². The van der Waals surface area contributed by atoms with Gasteiger partial charge in [0.1, 0.15) is 0 Å². The van der Waals surface area contributed by atoms with Crippen molar-refractivity contribution in [1.29, 1.82) is 0 Å². The van der Waals surface area contributed by atoms with E-state index < -0.39 is 47.0 Å². The zero-order chi connectivity index (χ0) is 48.2. The molecule has 0 amide bonds. The highest BCUT2D eigenvalue weighted by Gasteiger charge is 2.39. The molecule has 0 bridgehead atoms. The number of alkyl halides is 12. The van der Waals surface area contributed by atoms with Crippen LogP contribution in [0.15, 0.2) is 194 Å². The first kappa shape index (κ1) is 45.4. The molecule has 68 heavy (non-hydrogen) atoms. The minimum absolute atomic E-state index is 0.0841. The molecule has 0 radical (unpaired) electrons. The third kappa shape index (κ3) is 9.44. The molecule has 0 saturated carbocycles. The van der Waals surface area contributed by atoms with Crippen LogP contribution in [0.2, 0.25) is 0 Å². The molecule has 14 heteroatoms. The lowest BCUT2D eigenvalue weighted by atomic mass is 9.99. The Kier molecular flexibility index (Phi) is 11.5. The van der Waals surface area contributed by atoms with Crippen LogP contribution >= 0.6 is 0 Å². The third-order valence-electron chi connectivity index (χ3n) is 11.4. The minimum Gasteiger partial charge on any atom is -0.310 e. The summed E-state index contributed by atoms with van der Waals surface area (Å²) in [5, 5.41) is 3.04. The fourth-order valence-corrected chi connectivity index (χ4v) is 8.12. The van der Waals surface area contributed by atoms with Crippen molar-refractivity contribution in [2.45, 2.75) is 24.7 Å². The van der Waals surface area contributed by atoms with Crippen molar-refractivity contribution in [2.75, 3.05) is 9.80 Å². The minimum atomic E-state index is -5.07. The summed E-state index contributed by atoms with van der Waals surface area (Å²) in [6.07, 6.45) is -20.3. The number of nitrogens with zero attached hydrogens (tertiary/aromatic N) is 2. The SMILES string of the molecule is FC(F)(F)c1cc(N(c2ccc(-c3ccc(-c4ccc(N(c5cc(C(F)(F)F)cc(C(F)(F)F)c5)c5ccc6ccccc6c5)cc4)cc3)cc2)c2ccc3ccccc3c2)cc(C(F)(F)F)c1. The normalized spacial score (nSPS) is 12.4. The molecule has 342 valence electrons. The summed E-state index contributed by atoms with van der Waals surface area (Å²) in [6, 6.07) is 47.6. The first-order chi connectivity index (χ1) is 32.2. The molecule has 9 aromatic rings. The molecule has 0 aromatic heterocycles. The topological polar surface area (TPSA) is 6.48 Å². The van der Waals surface area contributed by atoms with E-state index in [0.717, 1.165) is 10.8 Å². The molecule has 0 spiro atoms. The van der Waals surface area contributed by atoms with Gasteiger partial charge in [0, 0.05) is 34.1 Å². The molecule has 0 aliphatic carbocycles. The molecule has 0 heterocycles. The van der Waals surface area contributed by atoms with Gasteiger partial charge in [0.2, 0.25) is 0 Å². The molecule has 0 aliphatic heterocycles. The number of anilines is 6. The Labute approximate surface area is 380 Å². The Balaban J connectivity index is 1.05. The van der Waals surface area contributed by atoms with Crippen LogP contribution in [0.4, 0.5) is 86.8 Å². The van der Waals surface area contributed by atoms with Crippen molar-refractivity contribution >= 4 is 55.7 Å². The first-order valence-corrected chi connectivity index (χ1v) is 20.7. The van der Waals surface area contributed by atoms with Crippen molar-refractivity contribution in [1.82, 2.24) is 0 Å². The number of hydrogen-bond donors (Lipinski definition) is 0. The average molecular weight is 937 g/mol. The van der Waals surface area contributed by atoms with Crippen LogP contribution in [0.5, 0.6) is 0 Å². The molecule has 9 aromatic carbocycles. The van der Waals surface area contributed by atoms with Gasteiger partial charge in [0.05, 0.1) is 22.3 Å². The molecule has 0 fully saturated rings. The molecule has 0 saturated heterocycles. The Morgan fingerprint density at radius 1 is 0.221 bits per heavy atom. The summed E-state index contributed by atoms with van der Waals surface area (Å²) >= 11 is 0. The second kappa shape index (κ2) is 17.2. The summed E-state index contributed by atoms with van der Waals surface area (Å²) < 4.78 is 169. The smallest absolute Gasteiger partial charge is 0.310 e. The standard InChI is InChI=1S/C54H32F12N2/c55-51(56,57)41-27-42(52(58,59)60)30-49(29-41)67(47-23-17-33-5-1-3-7-39(33)25-47)45-19-13-37(14-20-45)35-9-11-36(12-10-35)38-15-21-46(22-16-38)68(48-24-18-34-6-2-4-8-40(34)26-48)50-31-43(53(61,62)63)28-44(32-50)54(64,65)66/h1-32H. The lowest BCUT2D eigenvalue weighted by molar-refractivity contribution is -0.144. The van der Waals surface area contributed by atoms with Crippen LogP contribution in [-0.2, 0) is 24.7 Å². The van der Waals surface area contributed by atoms with Crippen LogP contribution in [0.3, 0.4) is 0 Å². The predicted molar refractivity (Wildman–Crippen MR) is 242 cm³/mol. The summed E-state index contributed by atoms with van der Waals surface area (Å²) in [6.45, 7) is 0. The van der Waals surface area contributed by atoms with Crippen LogP contribution in [0, 0.1) is 0 Å². The molecular formula is C54H32F12N2. The van der Waals surface area contributed by atoms with Crippen molar-refractivity contribution in [3.05, 3.63) is 216 Å². The van der Waals surface area contributed by atoms with Gasteiger partial charge < -0.3 is 9.80 Å². The van der Waals surface area contributed by atoms with Crippen LogP contribution < -0.4 is 9.80 Å². The largest absolute Gasteiger partial charge is 0.416 e. The van der Waals surface area contributed by atoms with Gasteiger partial charge in [0.15, 0.2) is 0 Å². The van der Waals surface area contributed by atoms with E-state index in [4.69, 9.17) is 0 Å². The molecular weight excluding hydrogens is 905 g/mol. The van der Waals surface area contributed by atoms with E-state index in [9.17, 15) is 52.7 Å². The van der Waals surface area contributed by atoms with Crippen molar-refractivity contribution in [3.63, 3.8) is 0 Å².